The third-order valence-electron chi connectivity index (χ3n) is 2.30. The first-order valence-corrected chi connectivity index (χ1v) is 4.95. The van der Waals surface area contributed by atoms with E-state index in [1.165, 1.54) is 5.56 Å². The van der Waals surface area contributed by atoms with Gasteiger partial charge in [0.15, 0.2) is 0 Å². The topological polar surface area (TPSA) is 54.7 Å². The second-order valence-corrected chi connectivity index (χ2v) is 3.60. The van der Waals surface area contributed by atoms with Crippen LogP contribution in [0.1, 0.15) is 17.8 Å². The zero-order valence-electron chi connectivity index (χ0n) is 9.19. The largest absolute Gasteiger partial charge is 0.342 e. The molecule has 0 saturated carbocycles. The number of halogens is 2. The Kier molecular flexibility index (Phi) is 6.41. The molecule has 2 aromatic rings. The van der Waals surface area contributed by atoms with E-state index in [4.69, 9.17) is 5.73 Å². The summed E-state index contributed by atoms with van der Waals surface area (Å²) >= 11 is 0. The van der Waals surface area contributed by atoms with E-state index >= 15 is 0 Å². The Hall–Kier alpha value is -0.770. The fourth-order valence-corrected chi connectivity index (χ4v) is 1.56. The first kappa shape index (κ1) is 15.2. The van der Waals surface area contributed by atoms with Crippen molar-refractivity contribution < 1.29 is 0 Å². The van der Waals surface area contributed by atoms with Crippen LogP contribution in [0.15, 0.2) is 18.2 Å². The Balaban J connectivity index is 0.00000112. The molecule has 3 N–H and O–H groups in total. The lowest BCUT2D eigenvalue weighted by Gasteiger charge is -1.91. The molecule has 0 aliphatic carbocycles. The average molecular weight is 262 g/mol. The zero-order valence-corrected chi connectivity index (χ0v) is 10.8. The molecule has 0 aliphatic rings. The van der Waals surface area contributed by atoms with Crippen LogP contribution in [0, 0.1) is 6.92 Å². The average Bonchev–Trinajstić information content (AvgIpc) is 2.56. The number of hydrogen-bond acceptors (Lipinski definition) is 2. The van der Waals surface area contributed by atoms with Crippen molar-refractivity contribution in [2.45, 2.75) is 19.8 Å². The number of aryl methyl sites for hydroxylation is 2. The van der Waals surface area contributed by atoms with Gasteiger partial charge in [0.1, 0.15) is 5.82 Å². The zero-order chi connectivity index (χ0) is 9.97. The summed E-state index contributed by atoms with van der Waals surface area (Å²) in [5.74, 6) is 1.04. The van der Waals surface area contributed by atoms with Crippen LogP contribution < -0.4 is 5.73 Å². The third kappa shape index (κ3) is 3.37. The number of nitrogens with one attached hydrogen (secondary N) is 1. The predicted molar refractivity (Wildman–Crippen MR) is 72.7 cm³/mol. The summed E-state index contributed by atoms with van der Waals surface area (Å²) in [6.07, 6.45) is 1.92. The maximum Gasteiger partial charge on any atom is 0.107 e. The summed E-state index contributed by atoms with van der Waals surface area (Å²) < 4.78 is 0. The first-order valence-electron chi connectivity index (χ1n) is 4.95. The highest BCUT2D eigenvalue weighted by atomic mass is 35.5. The molecule has 0 spiro atoms. The Labute approximate surface area is 108 Å². The van der Waals surface area contributed by atoms with E-state index in [-0.39, 0.29) is 24.8 Å². The smallest absolute Gasteiger partial charge is 0.107 e. The van der Waals surface area contributed by atoms with Gasteiger partial charge in [-0.05, 0) is 37.6 Å². The molecule has 5 heteroatoms. The molecule has 0 radical (unpaired) electrons. The number of aromatic amines is 1. The van der Waals surface area contributed by atoms with Crippen molar-refractivity contribution >= 4 is 35.8 Å². The molecule has 0 amide bonds. The lowest BCUT2D eigenvalue weighted by molar-refractivity contribution is 0.796. The maximum atomic E-state index is 5.45. The Morgan fingerprint density at radius 1 is 1.31 bits per heavy atom. The summed E-state index contributed by atoms with van der Waals surface area (Å²) in [7, 11) is 0. The van der Waals surface area contributed by atoms with Gasteiger partial charge in [-0.1, -0.05) is 6.07 Å². The molecule has 16 heavy (non-hydrogen) atoms. The molecule has 0 bridgehead atoms. The quantitative estimate of drug-likeness (QED) is 0.893. The molecule has 0 saturated heterocycles. The van der Waals surface area contributed by atoms with Crippen molar-refractivity contribution in [1.82, 2.24) is 9.97 Å². The fraction of sp³-hybridized carbons (Fsp3) is 0.364. The normalized spacial score (nSPS) is 9.62. The van der Waals surface area contributed by atoms with E-state index in [9.17, 15) is 0 Å². The van der Waals surface area contributed by atoms with Crippen LogP contribution in [0.3, 0.4) is 0 Å². The van der Waals surface area contributed by atoms with E-state index in [1.54, 1.807) is 0 Å². The number of rotatable bonds is 3. The highest BCUT2D eigenvalue weighted by Crippen LogP contribution is 2.13. The van der Waals surface area contributed by atoms with Crippen molar-refractivity contribution in [2.75, 3.05) is 6.54 Å². The second kappa shape index (κ2) is 6.74. The minimum atomic E-state index is 0. The molecule has 0 unspecified atom stereocenters. The highest BCUT2D eigenvalue weighted by Gasteiger charge is 2.01. The van der Waals surface area contributed by atoms with Gasteiger partial charge in [-0.2, -0.15) is 0 Å². The van der Waals surface area contributed by atoms with Crippen LogP contribution in [0.4, 0.5) is 0 Å². The van der Waals surface area contributed by atoms with Crippen molar-refractivity contribution in [3.63, 3.8) is 0 Å². The Morgan fingerprint density at radius 3 is 2.75 bits per heavy atom. The van der Waals surface area contributed by atoms with Crippen molar-refractivity contribution in [1.29, 1.82) is 0 Å². The minimum Gasteiger partial charge on any atom is -0.342 e. The van der Waals surface area contributed by atoms with E-state index in [0.717, 1.165) is 36.2 Å². The standard InChI is InChI=1S/C11H15N3.2ClH/c1-8-4-5-9-10(7-8)14-11(13-9)3-2-6-12;;/h4-5,7H,2-3,6,12H2,1H3,(H,13,14);2*1H. The van der Waals surface area contributed by atoms with E-state index in [0.29, 0.717) is 0 Å². The number of hydrogen-bond donors (Lipinski definition) is 2. The SMILES string of the molecule is Cc1ccc2nc(CCCN)[nH]c2c1.Cl.Cl. The summed E-state index contributed by atoms with van der Waals surface area (Å²) in [6.45, 7) is 2.80. The molecule has 1 aromatic heterocycles. The number of aromatic nitrogens is 2. The van der Waals surface area contributed by atoms with Gasteiger partial charge in [-0.15, -0.1) is 24.8 Å². The van der Waals surface area contributed by atoms with Gasteiger partial charge in [0.05, 0.1) is 11.0 Å². The maximum absolute atomic E-state index is 5.45. The second-order valence-electron chi connectivity index (χ2n) is 3.60. The number of fused-ring (bicyclic) bond motifs is 1. The molecule has 90 valence electrons. The summed E-state index contributed by atoms with van der Waals surface area (Å²) in [5.41, 5.74) is 8.88. The van der Waals surface area contributed by atoms with Gasteiger partial charge < -0.3 is 10.7 Å². The van der Waals surface area contributed by atoms with Crippen LogP contribution in [-0.4, -0.2) is 16.5 Å². The number of benzene rings is 1. The first-order chi connectivity index (χ1) is 6.79. The predicted octanol–water partition coefficient (Wildman–Crippen LogP) is 2.61. The molecular formula is C11H17Cl2N3. The summed E-state index contributed by atoms with van der Waals surface area (Å²) in [5, 5.41) is 0. The van der Waals surface area contributed by atoms with Crippen LogP contribution in [0.2, 0.25) is 0 Å². The summed E-state index contributed by atoms with van der Waals surface area (Å²) in [4.78, 5) is 7.78. The lowest BCUT2D eigenvalue weighted by Crippen LogP contribution is -2.01. The van der Waals surface area contributed by atoms with Gasteiger partial charge >= 0.3 is 0 Å². The van der Waals surface area contributed by atoms with E-state index in [1.807, 2.05) is 6.07 Å². The van der Waals surface area contributed by atoms with Gasteiger partial charge in [0.25, 0.3) is 0 Å². The van der Waals surface area contributed by atoms with Crippen LogP contribution in [0.25, 0.3) is 11.0 Å². The van der Waals surface area contributed by atoms with E-state index < -0.39 is 0 Å². The summed E-state index contributed by atoms with van der Waals surface area (Å²) in [6, 6.07) is 6.25. The highest BCUT2D eigenvalue weighted by molar-refractivity contribution is 5.85. The molecule has 0 aliphatic heterocycles. The van der Waals surface area contributed by atoms with Gasteiger partial charge in [-0.3, -0.25) is 0 Å². The fourth-order valence-electron chi connectivity index (χ4n) is 1.56. The number of imidazole rings is 1. The van der Waals surface area contributed by atoms with Crippen LogP contribution >= 0.6 is 24.8 Å². The number of nitrogens with two attached hydrogens (primary N) is 1. The lowest BCUT2D eigenvalue weighted by atomic mass is 10.2. The number of H-pyrrole nitrogens is 1. The molecule has 2 rings (SSSR count). The number of nitrogens with zero attached hydrogens (tertiary/aromatic N) is 1. The molecule has 3 nitrogen and oxygen atoms in total. The molecule has 0 fully saturated rings. The Bertz CT molecular complexity index is 440. The van der Waals surface area contributed by atoms with Crippen molar-refractivity contribution in [3.8, 4) is 0 Å². The van der Waals surface area contributed by atoms with E-state index in [2.05, 4.69) is 29.0 Å². The molecular weight excluding hydrogens is 245 g/mol. The third-order valence-corrected chi connectivity index (χ3v) is 2.30. The van der Waals surface area contributed by atoms with Gasteiger partial charge in [0, 0.05) is 6.42 Å². The van der Waals surface area contributed by atoms with Gasteiger partial charge in [-0.25, -0.2) is 4.98 Å². The van der Waals surface area contributed by atoms with Crippen molar-refractivity contribution in [3.05, 3.63) is 29.6 Å². The molecule has 1 heterocycles. The van der Waals surface area contributed by atoms with Crippen LogP contribution in [-0.2, 0) is 6.42 Å². The monoisotopic (exact) mass is 261 g/mol. The molecule has 1 aromatic carbocycles. The minimum absolute atomic E-state index is 0. The van der Waals surface area contributed by atoms with Crippen LogP contribution in [0.5, 0.6) is 0 Å². The molecule has 0 atom stereocenters. The Morgan fingerprint density at radius 2 is 2.06 bits per heavy atom. The van der Waals surface area contributed by atoms with Gasteiger partial charge in [0.2, 0.25) is 0 Å². The van der Waals surface area contributed by atoms with Crippen molar-refractivity contribution in [2.24, 2.45) is 5.73 Å².